The van der Waals surface area contributed by atoms with Crippen molar-refractivity contribution in [3.63, 3.8) is 0 Å². The number of anilines is 1. The minimum absolute atomic E-state index is 0.00205. The van der Waals surface area contributed by atoms with E-state index in [4.69, 9.17) is 5.73 Å². The van der Waals surface area contributed by atoms with E-state index in [1.807, 2.05) is 0 Å². The van der Waals surface area contributed by atoms with E-state index in [0.717, 1.165) is 11.7 Å². The van der Waals surface area contributed by atoms with Crippen molar-refractivity contribution in [2.75, 3.05) is 5.73 Å². The molecule has 78 valence electrons. The summed E-state index contributed by atoms with van der Waals surface area (Å²) in [6.07, 6.45) is 2.85. The fourth-order valence-electron chi connectivity index (χ4n) is 1.07. The highest BCUT2D eigenvalue weighted by molar-refractivity contribution is 6.99. The fraction of sp³-hybridized carbons (Fsp3) is 0.143. The van der Waals surface area contributed by atoms with Gasteiger partial charge in [-0.3, -0.25) is 14.3 Å². The van der Waals surface area contributed by atoms with Crippen LogP contribution in [0.25, 0.3) is 0 Å². The third-order valence-corrected chi connectivity index (χ3v) is 2.29. The molecule has 7 nitrogen and oxygen atoms in total. The molecule has 0 saturated heterocycles. The molecule has 0 atom stereocenters. The summed E-state index contributed by atoms with van der Waals surface area (Å²) in [4.78, 5) is 24.4. The van der Waals surface area contributed by atoms with Crippen molar-refractivity contribution in [1.82, 2.24) is 18.3 Å². The number of H-pyrrole nitrogens is 1. The number of aromatic nitrogens is 4. The molecule has 8 heteroatoms. The van der Waals surface area contributed by atoms with Crippen LogP contribution in [0, 0.1) is 0 Å². The zero-order valence-electron chi connectivity index (χ0n) is 7.51. The van der Waals surface area contributed by atoms with Gasteiger partial charge >= 0.3 is 5.69 Å². The molecule has 3 N–H and O–H groups in total. The molecule has 0 bridgehead atoms. The smallest absolute Gasteiger partial charge is 0.328 e. The summed E-state index contributed by atoms with van der Waals surface area (Å²) in [6.45, 7) is 0.246. The van der Waals surface area contributed by atoms with E-state index in [-0.39, 0.29) is 12.2 Å². The van der Waals surface area contributed by atoms with Gasteiger partial charge in [0.25, 0.3) is 5.56 Å². The summed E-state index contributed by atoms with van der Waals surface area (Å²) >= 11 is 1.05. The Kier molecular flexibility index (Phi) is 2.34. The average Bonchev–Trinajstić information content (AvgIpc) is 2.67. The molecule has 2 rings (SSSR count). The molecule has 0 amide bonds. The zero-order chi connectivity index (χ0) is 10.8. The highest BCUT2D eigenvalue weighted by atomic mass is 32.1. The molecular weight excluding hydrogens is 218 g/mol. The summed E-state index contributed by atoms with van der Waals surface area (Å²) in [5.41, 5.74) is 4.94. The van der Waals surface area contributed by atoms with Crippen molar-refractivity contribution < 1.29 is 0 Å². The summed E-state index contributed by atoms with van der Waals surface area (Å²) in [6, 6.07) is 0. The van der Waals surface area contributed by atoms with Gasteiger partial charge in [-0.05, 0) is 0 Å². The number of nitrogens with one attached hydrogen (secondary N) is 1. The first-order chi connectivity index (χ1) is 7.16. The van der Waals surface area contributed by atoms with Gasteiger partial charge in [-0.2, -0.15) is 8.75 Å². The lowest BCUT2D eigenvalue weighted by molar-refractivity contribution is 0.713. The lowest BCUT2D eigenvalue weighted by atomic mass is 10.4. The third kappa shape index (κ3) is 1.94. The first-order valence-electron chi connectivity index (χ1n) is 4.02. The van der Waals surface area contributed by atoms with Gasteiger partial charge in [0.1, 0.15) is 5.69 Å². The Hall–Kier alpha value is -1.96. The van der Waals surface area contributed by atoms with Crippen molar-refractivity contribution in [2.45, 2.75) is 6.54 Å². The van der Waals surface area contributed by atoms with Crippen molar-refractivity contribution in [3.05, 3.63) is 38.9 Å². The van der Waals surface area contributed by atoms with Crippen molar-refractivity contribution >= 4 is 17.4 Å². The van der Waals surface area contributed by atoms with E-state index in [2.05, 4.69) is 13.7 Å². The van der Waals surface area contributed by atoms with Crippen LogP contribution in [-0.4, -0.2) is 18.3 Å². The summed E-state index contributed by atoms with van der Waals surface area (Å²) in [5.74, 6) is 0. The number of nitrogen functional groups attached to an aromatic ring is 1. The Morgan fingerprint density at radius 1 is 1.53 bits per heavy atom. The molecule has 15 heavy (non-hydrogen) atoms. The maximum Gasteiger partial charge on any atom is 0.328 e. The molecule has 0 fully saturated rings. The van der Waals surface area contributed by atoms with Crippen LogP contribution in [0.2, 0.25) is 0 Å². The molecule has 0 radical (unpaired) electrons. The van der Waals surface area contributed by atoms with Crippen molar-refractivity contribution in [3.8, 4) is 0 Å². The van der Waals surface area contributed by atoms with Gasteiger partial charge in [0.2, 0.25) is 0 Å². The van der Waals surface area contributed by atoms with Crippen LogP contribution in [0.15, 0.2) is 22.0 Å². The van der Waals surface area contributed by atoms with Gasteiger partial charge in [0, 0.05) is 6.20 Å². The Bertz CT molecular complexity index is 570. The Labute approximate surface area is 87.5 Å². The molecule has 0 aliphatic heterocycles. The van der Waals surface area contributed by atoms with E-state index in [0.29, 0.717) is 5.69 Å². The van der Waals surface area contributed by atoms with Gasteiger partial charge in [0.15, 0.2) is 0 Å². The number of nitrogens with two attached hydrogens (primary N) is 1. The standard InChI is InChI=1S/C7H7N5O2S/c8-5-3-12(7(14)10-6(5)13)2-4-1-9-15-11-4/h1,3H,2,8H2,(H,10,13,14). The average molecular weight is 225 g/mol. The van der Waals surface area contributed by atoms with Gasteiger partial charge < -0.3 is 5.73 Å². The SMILES string of the molecule is Nc1cn(Cc2cnsn2)c(=O)[nH]c1=O. The molecule has 2 aromatic heterocycles. The molecule has 0 aliphatic rings. The largest absolute Gasteiger partial charge is 0.393 e. The lowest BCUT2D eigenvalue weighted by Crippen LogP contribution is -2.31. The third-order valence-electron chi connectivity index (χ3n) is 1.78. The number of aromatic amines is 1. The monoisotopic (exact) mass is 225 g/mol. The fourth-order valence-corrected chi connectivity index (χ4v) is 1.50. The van der Waals surface area contributed by atoms with Gasteiger partial charge in [0.05, 0.1) is 30.2 Å². The van der Waals surface area contributed by atoms with Crippen molar-refractivity contribution in [1.29, 1.82) is 0 Å². The zero-order valence-corrected chi connectivity index (χ0v) is 8.32. The minimum atomic E-state index is -0.576. The van der Waals surface area contributed by atoms with Gasteiger partial charge in [-0.25, -0.2) is 4.79 Å². The lowest BCUT2D eigenvalue weighted by Gasteiger charge is -2.02. The predicted octanol–water partition coefficient (Wildman–Crippen LogP) is -0.981. The quantitative estimate of drug-likeness (QED) is 0.683. The number of hydrogen-bond acceptors (Lipinski definition) is 6. The molecule has 0 saturated carbocycles. The highest BCUT2D eigenvalue weighted by Crippen LogP contribution is 1.97. The number of hydrogen-bond donors (Lipinski definition) is 2. The molecule has 2 heterocycles. The minimum Gasteiger partial charge on any atom is -0.393 e. The number of nitrogens with zero attached hydrogens (tertiary/aromatic N) is 3. The molecular formula is C7H7N5O2S. The van der Waals surface area contributed by atoms with Crippen LogP contribution in [-0.2, 0) is 6.54 Å². The van der Waals surface area contributed by atoms with E-state index in [9.17, 15) is 9.59 Å². The van der Waals surface area contributed by atoms with Crippen LogP contribution in [0.4, 0.5) is 5.69 Å². The molecule has 0 aliphatic carbocycles. The normalized spacial score (nSPS) is 10.4. The van der Waals surface area contributed by atoms with Crippen LogP contribution < -0.4 is 17.0 Å². The maximum atomic E-state index is 11.3. The van der Waals surface area contributed by atoms with Crippen LogP contribution in [0.5, 0.6) is 0 Å². The van der Waals surface area contributed by atoms with E-state index < -0.39 is 11.2 Å². The second kappa shape index (κ2) is 3.65. The summed E-state index contributed by atoms with van der Waals surface area (Å²) < 4.78 is 9.01. The second-order valence-corrected chi connectivity index (χ2v) is 3.43. The van der Waals surface area contributed by atoms with E-state index in [1.54, 1.807) is 6.20 Å². The van der Waals surface area contributed by atoms with E-state index >= 15 is 0 Å². The van der Waals surface area contributed by atoms with Crippen LogP contribution in [0.1, 0.15) is 5.69 Å². The van der Waals surface area contributed by atoms with Crippen LogP contribution in [0.3, 0.4) is 0 Å². The first kappa shape index (κ1) is 9.59. The molecule has 2 aromatic rings. The van der Waals surface area contributed by atoms with Crippen LogP contribution >= 0.6 is 11.7 Å². The Balaban J connectivity index is 2.42. The Morgan fingerprint density at radius 3 is 3.00 bits per heavy atom. The second-order valence-electron chi connectivity index (χ2n) is 2.87. The first-order valence-corrected chi connectivity index (χ1v) is 4.75. The van der Waals surface area contributed by atoms with Gasteiger partial charge in [-0.1, -0.05) is 0 Å². The Morgan fingerprint density at radius 2 is 2.33 bits per heavy atom. The molecule has 0 spiro atoms. The predicted molar refractivity (Wildman–Crippen MR) is 54.7 cm³/mol. The topological polar surface area (TPSA) is 107 Å². The summed E-state index contributed by atoms with van der Waals surface area (Å²) in [5, 5.41) is 0. The molecule has 0 unspecified atom stereocenters. The summed E-state index contributed by atoms with van der Waals surface area (Å²) in [7, 11) is 0. The van der Waals surface area contributed by atoms with Gasteiger partial charge in [-0.15, -0.1) is 0 Å². The number of rotatable bonds is 2. The maximum absolute atomic E-state index is 11.3. The molecule has 0 aromatic carbocycles. The highest BCUT2D eigenvalue weighted by Gasteiger charge is 2.03. The van der Waals surface area contributed by atoms with E-state index in [1.165, 1.54) is 10.8 Å². The van der Waals surface area contributed by atoms with Crippen molar-refractivity contribution in [2.24, 2.45) is 0 Å².